The molecule has 0 bridgehead atoms. The molecule has 0 spiro atoms. The van der Waals surface area contributed by atoms with Crippen molar-refractivity contribution >= 4 is 5.96 Å². The van der Waals surface area contributed by atoms with Crippen molar-refractivity contribution in [1.29, 1.82) is 0 Å². The van der Waals surface area contributed by atoms with E-state index >= 15 is 0 Å². The van der Waals surface area contributed by atoms with E-state index in [4.69, 9.17) is 23.9 Å². The largest absolute Gasteiger partial charge is 0.496 e. The van der Waals surface area contributed by atoms with Gasteiger partial charge in [0.05, 0.1) is 46.7 Å². The molecule has 8 nitrogen and oxygen atoms in total. The number of nitrogens with zero attached hydrogens (tertiary/aromatic N) is 2. The summed E-state index contributed by atoms with van der Waals surface area (Å²) in [6.07, 6.45) is 0. The molecule has 1 aromatic carbocycles. The number of benzene rings is 1. The number of ether oxygens (including phenoxy) is 4. The smallest absolute Gasteiger partial charge is 0.191 e. The summed E-state index contributed by atoms with van der Waals surface area (Å²) >= 11 is 0. The lowest BCUT2D eigenvalue weighted by Crippen LogP contribution is -2.49. The van der Waals surface area contributed by atoms with Gasteiger partial charge in [0.15, 0.2) is 5.96 Å². The molecule has 1 aliphatic heterocycles. The Bertz CT molecular complexity index is 608. The van der Waals surface area contributed by atoms with E-state index in [9.17, 15) is 0 Å². The number of hydrogen-bond acceptors (Lipinski definition) is 6. The van der Waals surface area contributed by atoms with Crippen molar-refractivity contribution in [2.75, 3.05) is 60.7 Å². The average Bonchev–Trinajstić information content (AvgIpc) is 2.75. The van der Waals surface area contributed by atoms with Gasteiger partial charge in [0, 0.05) is 44.4 Å². The molecule has 0 aliphatic carbocycles. The number of morpholine rings is 1. The molecule has 28 heavy (non-hydrogen) atoms. The highest BCUT2D eigenvalue weighted by atomic mass is 16.5. The van der Waals surface area contributed by atoms with E-state index in [2.05, 4.69) is 29.4 Å². The lowest BCUT2D eigenvalue weighted by molar-refractivity contribution is 0.0211. The van der Waals surface area contributed by atoms with Crippen molar-refractivity contribution in [2.45, 2.75) is 26.4 Å². The fourth-order valence-electron chi connectivity index (χ4n) is 3.13. The van der Waals surface area contributed by atoms with Gasteiger partial charge in [-0.1, -0.05) is 0 Å². The molecule has 8 heteroatoms. The summed E-state index contributed by atoms with van der Waals surface area (Å²) in [5, 5.41) is 6.73. The first-order chi connectivity index (χ1) is 13.6. The second-order valence-electron chi connectivity index (χ2n) is 6.58. The molecule has 158 valence electrons. The summed E-state index contributed by atoms with van der Waals surface area (Å²) < 4.78 is 21.8. The number of rotatable bonds is 9. The molecule has 0 aromatic heterocycles. The quantitative estimate of drug-likeness (QED) is 0.485. The van der Waals surface area contributed by atoms with E-state index in [1.165, 1.54) is 0 Å². The van der Waals surface area contributed by atoms with Gasteiger partial charge in [-0.2, -0.15) is 0 Å². The number of guanidine groups is 1. The Kier molecular flexibility index (Phi) is 9.16. The van der Waals surface area contributed by atoms with Crippen molar-refractivity contribution in [2.24, 2.45) is 4.99 Å². The fourth-order valence-corrected chi connectivity index (χ4v) is 3.13. The van der Waals surface area contributed by atoms with E-state index in [-0.39, 0.29) is 0 Å². The average molecular weight is 395 g/mol. The van der Waals surface area contributed by atoms with Crippen LogP contribution in [0.5, 0.6) is 17.2 Å². The molecule has 2 rings (SSSR count). The Balaban J connectivity index is 2.07. The molecular weight excluding hydrogens is 360 g/mol. The summed E-state index contributed by atoms with van der Waals surface area (Å²) in [6, 6.07) is 4.08. The van der Waals surface area contributed by atoms with Gasteiger partial charge in [-0.05, 0) is 13.8 Å². The van der Waals surface area contributed by atoms with Crippen molar-refractivity contribution in [3.8, 4) is 17.2 Å². The van der Waals surface area contributed by atoms with Crippen LogP contribution in [0, 0.1) is 0 Å². The number of aliphatic imine (C=N–C) groups is 1. The maximum Gasteiger partial charge on any atom is 0.191 e. The van der Waals surface area contributed by atoms with Gasteiger partial charge in [0.25, 0.3) is 0 Å². The van der Waals surface area contributed by atoms with Crippen LogP contribution in [0.4, 0.5) is 0 Å². The molecule has 1 atom stereocenters. The summed E-state index contributed by atoms with van der Waals surface area (Å²) in [7, 11) is 4.89. The van der Waals surface area contributed by atoms with Gasteiger partial charge in [-0.25, -0.2) is 4.99 Å². The van der Waals surface area contributed by atoms with Gasteiger partial charge in [0.1, 0.15) is 17.2 Å². The van der Waals surface area contributed by atoms with Crippen LogP contribution in [-0.2, 0) is 11.3 Å². The summed E-state index contributed by atoms with van der Waals surface area (Å²) in [4.78, 5) is 7.15. The minimum atomic E-state index is 0.401. The van der Waals surface area contributed by atoms with Crippen LogP contribution in [0.3, 0.4) is 0 Å². The van der Waals surface area contributed by atoms with E-state index in [0.29, 0.717) is 29.8 Å². The number of nitrogens with one attached hydrogen (secondary N) is 2. The van der Waals surface area contributed by atoms with Gasteiger partial charge in [0.2, 0.25) is 0 Å². The zero-order chi connectivity index (χ0) is 20.4. The van der Waals surface area contributed by atoms with E-state index in [0.717, 1.165) is 50.9 Å². The highest BCUT2D eigenvalue weighted by Crippen LogP contribution is 2.34. The molecule has 2 N–H and O–H groups in total. The van der Waals surface area contributed by atoms with Crippen LogP contribution in [0.2, 0.25) is 0 Å². The summed E-state index contributed by atoms with van der Waals surface area (Å²) in [6.45, 7) is 9.84. The maximum absolute atomic E-state index is 5.51. The van der Waals surface area contributed by atoms with Crippen LogP contribution in [0.15, 0.2) is 17.1 Å². The Hall–Kier alpha value is -2.19. The second-order valence-corrected chi connectivity index (χ2v) is 6.58. The molecule has 0 amide bonds. The van der Waals surface area contributed by atoms with Crippen LogP contribution in [0.1, 0.15) is 19.4 Å². The van der Waals surface area contributed by atoms with Crippen molar-refractivity contribution in [3.63, 3.8) is 0 Å². The fraction of sp³-hybridized carbons (Fsp3) is 0.650. The minimum absolute atomic E-state index is 0.401. The third-order valence-corrected chi connectivity index (χ3v) is 4.79. The first-order valence-electron chi connectivity index (χ1n) is 9.75. The summed E-state index contributed by atoms with van der Waals surface area (Å²) in [5.74, 6) is 2.84. The monoisotopic (exact) mass is 394 g/mol. The maximum atomic E-state index is 5.51. The first-order valence-corrected chi connectivity index (χ1v) is 9.75. The van der Waals surface area contributed by atoms with Crippen LogP contribution < -0.4 is 24.8 Å². The SMILES string of the molecule is CCNC(=NCc1c(OC)cc(OC)cc1OC)NCC(C)N1CCOCC1. The standard InChI is InChI=1S/C20H34N4O4/c1-6-21-20(22-13-15(2)24-7-9-28-10-8-24)23-14-17-18(26-4)11-16(25-3)12-19(17)27-5/h11-12,15H,6-10,13-14H2,1-5H3,(H2,21,22,23). The predicted octanol–water partition coefficient (Wildman–Crippen LogP) is 1.49. The first kappa shape index (κ1) is 22.1. The van der Waals surface area contributed by atoms with E-state index < -0.39 is 0 Å². The third kappa shape index (κ3) is 6.17. The Morgan fingerprint density at radius 3 is 2.29 bits per heavy atom. The Morgan fingerprint density at radius 1 is 1.11 bits per heavy atom. The third-order valence-electron chi connectivity index (χ3n) is 4.79. The molecular formula is C20H34N4O4. The van der Waals surface area contributed by atoms with Gasteiger partial charge >= 0.3 is 0 Å². The molecule has 1 unspecified atom stereocenters. The van der Waals surface area contributed by atoms with Gasteiger partial charge in [-0.15, -0.1) is 0 Å². The Labute approximate surface area is 168 Å². The van der Waals surface area contributed by atoms with Crippen molar-refractivity contribution < 1.29 is 18.9 Å². The number of methoxy groups -OCH3 is 3. The van der Waals surface area contributed by atoms with Crippen LogP contribution >= 0.6 is 0 Å². The molecule has 0 saturated carbocycles. The molecule has 0 radical (unpaired) electrons. The normalized spacial score (nSPS) is 16.4. The molecule has 1 aliphatic rings. The number of hydrogen-bond donors (Lipinski definition) is 2. The molecule has 1 heterocycles. The van der Waals surface area contributed by atoms with Crippen molar-refractivity contribution in [1.82, 2.24) is 15.5 Å². The predicted molar refractivity (Wildman–Crippen MR) is 111 cm³/mol. The molecule has 1 fully saturated rings. The Morgan fingerprint density at radius 2 is 1.75 bits per heavy atom. The lowest BCUT2D eigenvalue weighted by atomic mass is 10.1. The lowest BCUT2D eigenvalue weighted by Gasteiger charge is -2.32. The van der Waals surface area contributed by atoms with Crippen molar-refractivity contribution in [3.05, 3.63) is 17.7 Å². The summed E-state index contributed by atoms with van der Waals surface area (Å²) in [5.41, 5.74) is 0.879. The second kappa shape index (κ2) is 11.6. The van der Waals surface area contributed by atoms with E-state index in [1.54, 1.807) is 21.3 Å². The molecule has 1 saturated heterocycles. The zero-order valence-electron chi connectivity index (χ0n) is 17.7. The van der Waals surface area contributed by atoms with E-state index in [1.807, 2.05) is 12.1 Å². The zero-order valence-corrected chi connectivity index (χ0v) is 17.7. The minimum Gasteiger partial charge on any atom is -0.496 e. The van der Waals surface area contributed by atoms with Crippen LogP contribution in [0.25, 0.3) is 0 Å². The van der Waals surface area contributed by atoms with Gasteiger partial charge in [-0.3, -0.25) is 4.90 Å². The topological polar surface area (TPSA) is 76.6 Å². The highest BCUT2D eigenvalue weighted by Gasteiger charge is 2.17. The highest BCUT2D eigenvalue weighted by molar-refractivity contribution is 5.79. The van der Waals surface area contributed by atoms with Crippen LogP contribution in [-0.4, -0.2) is 77.6 Å². The van der Waals surface area contributed by atoms with Gasteiger partial charge < -0.3 is 29.6 Å². The molecule has 1 aromatic rings.